The van der Waals surface area contributed by atoms with E-state index in [0.717, 1.165) is 17.3 Å². The zero-order valence-corrected chi connectivity index (χ0v) is 12.3. The van der Waals surface area contributed by atoms with Crippen LogP contribution in [-0.2, 0) is 9.59 Å². The molecule has 0 unspecified atom stereocenters. The molecule has 1 rings (SSSR count). The molecule has 0 aliphatic carbocycles. The van der Waals surface area contributed by atoms with E-state index in [1.54, 1.807) is 12.1 Å². The molecule has 0 aliphatic heterocycles. The van der Waals surface area contributed by atoms with Gasteiger partial charge in [0.25, 0.3) is 5.91 Å². The van der Waals surface area contributed by atoms with Crippen molar-refractivity contribution in [2.24, 2.45) is 0 Å². The highest BCUT2D eigenvalue weighted by Gasteiger charge is 2.05. The third kappa shape index (κ3) is 6.81. The molecule has 0 atom stereocenters. The van der Waals surface area contributed by atoms with Crippen molar-refractivity contribution in [3.63, 3.8) is 0 Å². The maximum Gasteiger partial charge on any atom is 0.276 e. The fourth-order valence-electron chi connectivity index (χ4n) is 1.26. The van der Waals surface area contributed by atoms with E-state index in [1.807, 2.05) is 19.1 Å². The van der Waals surface area contributed by atoms with E-state index in [9.17, 15) is 9.59 Å². The minimum atomic E-state index is -0.396. The largest absolute Gasteiger partial charge is 0.484 e. The van der Waals surface area contributed by atoms with Crippen LogP contribution in [0.3, 0.4) is 0 Å². The van der Waals surface area contributed by atoms with Gasteiger partial charge in [0.2, 0.25) is 5.91 Å². The Bertz CT molecular complexity index is 420. The first-order chi connectivity index (χ1) is 9.11. The highest BCUT2D eigenvalue weighted by Crippen LogP contribution is 2.15. The van der Waals surface area contributed by atoms with Crippen LogP contribution >= 0.6 is 15.9 Å². The summed E-state index contributed by atoms with van der Waals surface area (Å²) in [4.78, 5) is 22.6. The predicted octanol–water partition coefficient (Wildman–Crippen LogP) is 2.17. The molecular weight excluding hydrogens is 312 g/mol. The number of ether oxygens (including phenoxy) is 1. The molecule has 104 valence electrons. The van der Waals surface area contributed by atoms with Crippen LogP contribution in [0.15, 0.2) is 28.7 Å². The van der Waals surface area contributed by atoms with Gasteiger partial charge in [0.05, 0.1) is 0 Å². The van der Waals surface area contributed by atoms with Gasteiger partial charge in [-0.2, -0.15) is 0 Å². The molecule has 2 amide bonds. The first kappa shape index (κ1) is 15.5. The van der Waals surface area contributed by atoms with E-state index in [2.05, 4.69) is 26.8 Å². The van der Waals surface area contributed by atoms with Crippen LogP contribution in [0.25, 0.3) is 0 Å². The molecule has 6 heteroatoms. The normalized spacial score (nSPS) is 9.79. The first-order valence-corrected chi connectivity index (χ1v) is 6.87. The molecule has 0 heterocycles. The second-order valence-corrected chi connectivity index (χ2v) is 4.86. The first-order valence-electron chi connectivity index (χ1n) is 6.08. The molecule has 0 aromatic heterocycles. The summed E-state index contributed by atoms with van der Waals surface area (Å²) >= 11 is 3.30. The van der Waals surface area contributed by atoms with Gasteiger partial charge >= 0.3 is 0 Å². The number of nitrogens with one attached hydrogen (secondary N) is 2. The van der Waals surface area contributed by atoms with Crippen molar-refractivity contribution in [2.75, 3.05) is 6.61 Å². The molecule has 5 nitrogen and oxygen atoms in total. The molecule has 0 aliphatic rings. The van der Waals surface area contributed by atoms with Crippen LogP contribution in [0, 0.1) is 0 Å². The Hall–Kier alpha value is -1.56. The fourth-order valence-corrected chi connectivity index (χ4v) is 1.52. The van der Waals surface area contributed by atoms with Crippen molar-refractivity contribution in [1.29, 1.82) is 0 Å². The molecule has 0 fully saturated rings. The lowest BCUT2D eigenvalue weighted by Gasteiger charge is -2.08. The van der Waals surface area contributed by atoms with Gasteiger partial charge in [0.15, 0.2) is 6.61 Å². The summed E-state index contributed by atoms with van der Waals surface area (Å²) in [5.41, 5.74) is 4.64. The van der Waals surface area contributed by atoms with Gasteiger partial charge in [0.1, 0.15) is 5.75 Å². The van der Waals surface area contributed by atoms with Gasteiger partial charge in [-0.25, -0.2) is 0 Å². The minimum Gasteiger partial charge on any atom is -0.484 e. The quantitative estimate of drug-likeness (QED) is 0.786. The topological polar surface area (TPSA) is 67.4 Å². The Balaban J connectivity index is 2.21. The van der Waals surface area contributed by atoms with Crippen molar-refractivity contribution in [1.82, 2.24) is 10.9 Å². The summed E-state index contributed by atoms with van der Waals surface area (Å²) in [7, 11) is 0. The molecule has 0 saturated heterocycles. The number of halogens is 1. The number of amides is 2. The van der Waals surface area contributed by atoms with Crippen LogP contribution in [0.4, 0.5) is 0 Å². The molecule has 0 spiro atoms. The molecule has 0 bridgehead atoms. The summed E-state index contributed by atoms with van der Waals surface area (Å²) in [5, 5.41) is 0. The number of carbonyl (C=O) groups is 2. The lowest BCUT2D eigenvalue weighted by Crippen LogP contribution is -2.43. The molecular formula is C13H17BrN2O3. The van der Waals surface area contributed by atoms with E-state index in [1.165, 1.54) is 0 Å². The zero-order chi connectivity index (χ0) is 14.1. The SMILES string of the molecule is CCCCC(=O)NNC(=O)COc1ccc(Br)cc1. The van der Waals surface area contributed by atoms with Crippen LogP contribution in [0.2, 0.25) is 0 Å². The van der Waals surface area contributed by atoms with Gasteiger partial charge in [-0.3, -0.25) is 20.4 Å². The van der Waals surface area contributed by atoms with Gasteiger partial charge in [0, 0.05) is 10.9 Å². The Morgan fingerprint density at radius 2 is 1.79 bits per heavy atom. The Kier molecular flexibility index (Phi) is 6.95. The van der Waals surface area contributed by atoms with E-state index in [4.69, 9.17) is 4.74 Å². The maximum atomic E-state index is 11.4. The number of hydrogen-bond acceptors (Lipinski definition) is 3. The number of unbranched alkanes of at least 4 members (excludes halogenated alkanes) is 1. The number of hydrogen-bond donors (Lipinski definition) is 2. The van der Waals surface area contributed by atoms with Crippen LogP contribution in [0.1, 0.15) is 26.2 Å². The minimum absolute atomic E-state index is 0.143. The van der Waals surface area contributed by atoms with E-state index >= 15 is 0 Å². The van der Waals surface area contributed by atoms with Crippen molar-refractivity contribution in [3.05, 3.63) is 28.7 Å². The van der Waals surface area contributed by atoms with E-state index < -0.39 is 5.91 Å². The number of carbonyl (C=O) groups excluding carboxylic acids is 2. The van der Waals surface area contributed by atoms with Crippen LogP contribution in [0.5, 0.6) is 5.75 Å². The highest BCUT2D eigenvalue weighted by atomic mass is 79.9. The highest BCUT2D eigenvalue weighted by molar-refractivity contribution is 9.10. The van der Waals surface area contributed by atoms with Crippen molar-refractivity contribution in [2.45, 2.75) is 26.2 Å². The summed E-state index contributed by atoms with van der Waals surface area (Å²) in [6.45, 7) is 1.85. The van der Waals surface area contributed by atoms with Crippen LogP contribution < -0.4 is 15.6 Å². The smallest absolute Gasteiger partial charge is 0.276 e. The molecule has 2 N–H and O–H groups in total. The second kappa shape index (κ2) is 8.53. The van der Waals surface area contributed by atoms with Crippen molar-refractivity contribution >= 4 is 27.7 Å². The number of hydrazine groups is 1. The maximum absolute atomic E-state index is 11.4. The molecule has 19 heavy (non-hydrogen) atoms. The third-order valence-corrected chi connectivity index (χ3v) is 2.81. The molecule has 1 aromatic carbocycles. The molecule has 1 aromatic rings. The average Bonchev–Trinajstić information content (AvgIpc) is 2.42. The summed E-state index contributed by atoms with van der Waals surface area (Å²) < 4.78 is 6.19. The fraction of sp³-hybridized carbons (Fsp3) is 0.385. The molecule has 0 saturated carbocycles. The van der Waals surface area contributed by atoms with Gasteiger partial charge < -0.3 is 4.74 Å². The lowest BCUT2D eigenvalue weighted by atomic mass is 10.2. The Morgan fingerprint density at radius 3 is 2.42 bits per heavy atom. The van der Waals surface area contributed by atoms with Crippen molar-refractivity contribution in [3.8, 4) is 5.75 Å². The van der Waals surface area contributed by atoms with Crippen molar-refractivity contribution < 1.29 is 14.3 Å². The number of benzene rings is 1. The zero-order valence-electron chi connectivity index (χ0n) is 10.7. The monoisotopic (exact) mass is 328 g/mol. The van der Waals surface area contributed by atoms with Gasteiger partial charge in [-0.1, -0.05) is 29.3 Å². The Labute approximate surface area is 120 Å². The van der Waals surface area contributed by atoms with Crippen LogP contribution in [-0.4, -0.2) is 18.4 Å². The molecule has 0 radical (unpaired) electrons. The number of rotatable bonds is 6. The summed E-state index contributed by atoms with van der Waals surface area (Å²) in [5.74, 6) is 0.00210. The lowest BCUT2D eigenvalue weighted by molar-refractivity contribution is -0.130. The predicted molar refractivity (Wildman–Crippen MR) is 75.4 cm³/mol. The standard InChI is InChI=1S/C13H17BrN2O3/c1-2-3-4-12(17)15-16-13(18)9-19-11-7-5-10(14)6-8-11/h5-8H,2-4,9H2,1H3,(H,15,17)(H,16,18). The summed E-state index contributed by atoms with van der Waals surface area (Å²) in [6.07, 6.45) is 2.15. The third-order valence-electron chi connectivity index (χ3n) is 2.28. The van der Waals surface area contributed by atoms with E-state index in [-0.39, 0.29) is 12.5 Å². The Morgan fingerprint density at radius 1 is 1.16 bits per heavy atom. The summed E-state index contributed by atoms with van der Waals surface area (Å²) in [6, 6.07) is 7.13. The van der Waals surface area contributed by atoms with Gasteiger partial charge in [-0.05, 0) is 30.7 Å². The van der Waals surface area contributed by atoms with E-state index in [0.29, 0.717) is 12.2 Å². The average molecular weight is 329 g/mol. The van der Waals surface area contributed by atoms with Gasteiger partial charge in [-0.15, -0.1) is 0 Å². The second-order valence-electron chi connectivity index (χ2n) is 3.94.